The third-order valence-electron chi connectivity index (χ3n) is 8.68. The number of ether oxygens (including phenoxy) is 1. The monoisotopic (exact) mass is 497 g/mol. The quantitative estimate of drug-likeness (QED) is 0.446. The lowest BCUT2D eigenvalue weighted by Gasteiger charge is -2.37. The van der Waals surface area contributed by atoms with E-state index < -0.39 is 5.56 Å². The highest BCUT2D eigenvalue weighted by molar-refractivity contribution is 5.96. The molecule has 1 aliphatic heterocycles. The Morgan fingerprint density at radius 2 is 1.54 bits per heavy atom. The van der Waals surface area contributed by atoms with Crippen LogP contribution >= 0.6 is 0 Å². The molecule has 0 saturated heterocycles. The molecule has 37 heavy (non-hydrogen) atoms. The van der Waals surface area contributed by atoms with E-state index in [2.05, 4.69) is 29.2 Å². The number of carbonyl (C=O) groups is 1. The number of carbonyl (C=O) groups excluding carboxylic acids is 1. The first kappa shape index (κ1) is 24.0. The molecule has 2 saturated carbocycles. The minimum Gasteiger partial charge on any atom is -0.481 e. The molecule has 0 spiro atoms. The lowest BCUT2D eigenvalue weighted by molar-refractivity contribution is 0.0606. The molecule has 3 aromatic rings. The van der Waals surface area contributed by atoms with Crippen molar-refractivity contribution in [2.75, 3.05) is 6.54 Å². The topological polar surface area (TPSA) is 64.4 Å². The first-order valence-corrected chi connectivity index (χ1v) is 13.8. The summed E-state index contributed by atoms with van der Waals surface area (Å²) in [5.74, 6) is 0.736. The van der Waals surface area contributed by atoms with Gasteiger partial charge in [0.25, 0.3) is 5.91 Å². The van der Waals surface area contributed by atoms with Gasteiger partial charge in [0.15, 0.2) is 5.69 Å². The van der Waals surface area contributed by atoms with Gasteiger partial charge in [0.1, 0.15) is 12.4 Å². The van der Waals surface area contributed by atoms with Crippen molar-refractivity contribution in [3.05, 3.63) is 93.7 Å². The van der Waals surface area contributed by atoms with Gasteiger partial charge in [-0.25, -0.2) is 0 Å². The first-order chi connectivity index (χ1) is 18.1. The number of rotatable bonds is 7. The van der Waals surface area contributed by atoms with E-state index in [4.69, 9.17) is 4.74 Å². The Kier molecular flexibility index (Phi) is 6.58. The van der Waals surface area contributed by atoms with Crippen molar-refractivity contribution in [3.8, 4) is 5.75 Å². The van der Waals surface area contributed by atoms with Crippen molar-refractivity contribution < 1.29 is 9.53 Å². The third-order valence-corrected chi connectivity index (χ3v) is 8.68. The second-order valence-electron chi connectivity index (χ2n) is 10.9. The molecular weight excluding hydrogens is 462 g/mol. The molecule has 0 radical (unpaired) electrons. The zero-order valence-corrected chi connectivity index (χ0v) is 21.4. The van der Waals surface area contributed by atoms with Gasteiger partial charge in [-0.2, -0.15) is 4.98 Å². The maximum absolute atomic E-state index is 14.0. The molecule has 0 N–H and O–H groups in total. The predicted octanol–water partition coefficient (Wildman–Crippen LogP) is 5.28. The van der Waals surface area contributed by atoms with E-state index in [-0.39, 0.29) is 29.7 Å². The van der Waals surface area contributed by atoms with Crippen molar-refractivity contribution in [1.29, 1.82) is 0 Å². The average Bonchev–Trinajstić information content (AvgIpc) is 3.63. The zero-order valence-electron chi connectivity index (χ0n) is 21.4. The van der Waals surface area contributed by atoms with E-state index in [9.17, 15) is 9.59 Å². The third kappa shape index (κ3) is 4.58. The van der Waals surface area contributed by atoms with E-state index in [1.165, 1.54) is 18.4 Å². The average molecular weight is 498 g/mol. The van der Waals surface area contributed by atoms with E-state index in [1.807, 2.05) is 45.9 Å². The summed E-state index contributed by atoms with van der Waals surface area (Å²) in [5.41, 5.74) is 2.16. The van der Waals surface area contributed by atoms with Crippen LogP contribution in [0.5, 0.6) is 5.75 Å². The van der Waals surface area contributed by atoms with Crippen molar-refractivity contribution >= 4 is 5.91 Å². The number of benzene rings is 2. The molecule has 0 unspecified atom stereocenters. The summed E-state index contributed by atoms with van der Waals surface area (Å²) < 4.78 is 8.11. The highest BCUT2D eigenvalue weighted by Gasteiger charge is 2.40. The minimum atomic E-state index is -0.431. The SMILES string of the molecule is O=C1c2c(OCc3ccccc3)c(=O)nc(CC3(c4ccccc4)CCCC3)n2CCN1C1CCCC1. The van der Waals surface area contributed by atoms with Crippen LogP contribution in [0.1, 0.15) is 78.8 Å². The Labute approximate surface area is 218 Å². The molecule has 1 amide bonds. The molecule has 192 valence electrons. The van der Waals surface area contributed by atoms with Gasteiger partial charge in [-0.1, -0.05) is 86.3 Å². The van der Waals surface area contributed by atoms with E-state index in [0.717, 1.165) is 49.9 Å². The second kappa shape index (κ2) is 10.2. The molecule has 6 nitrogen and oxygen atoms in total. The number of hydrogen-bond acceptors (Lipinski definition) is 4. The van der Waals surface area contributed by atoms with Gasteiger partial charge in [-0.15, -0.1) is 0 Å². The number of aromatic nitrogens is 2. The maximum Gasteiger partial charge on any atom is 0.316 e. The highest BCUT2D eigenvalue weighted by atomic mass is 16.5. The number of nitrogens with zero attached hydrogens (tertiary/aromatic N) is 3. The molecule has 1 aromatic heterocycles. The van der Waals surface area contributed by atoms with E-state index >= 15 is 0 Å². The molecule has 2 aliphatic carbocycles. The van der Waals surface area contributed by atoms with Gasteiger partial charge in [0.05, 0.1) is 0 Å². The van der Waals surface area contributed by atoms with Crippen LogP contribution in [-0.4, -0.2) is 32.9 Å². The fourth-order valence-corrected chi connectivity index (χ4v) is 6.75. The first-order valence-electron chi connectivity index (χ1n) is 13.8. The highest BCUT2D eigenvalue weighted by Crippen LogP contribution is 2.43. The van der Waals surface area contributed by atoms with E-state index in [0.29, 0.717) is 25.2 Å². The minimum absolute atomic E-state index is 0.0560. The normalized spacial score (nSPS) is 19.2. The molecular formula is C31H35N3O3. The van der Waals surface area contributed by atoms with Gasteiger partial charge in [-0.3, -0.25) is 9.59 Å². The molecule has 2 fully saturated rings. The molecule has 2 heterocycles. The van der Waals surface area contributed by atoms with Crippen molar-refractivity contribution in [2.24, 2.45) is 0 Å². The summed E-state index contributed by atoms with van der Waals surface area (Å²) in [5, 5.41) is 0. The summed E-state index contributed by atoms with van der Waals surface area (Å²) in [7, 11) is 0. The number of fused-ring (bicyclic) bond motifs is 1. The summed E-state index contributed by atoms with van der Waals surface area (Å²) in [6.07, 6.45) is 9.50. The van der Waals surface area contributed by atoms with Crippen LogP contribution in [0.2, 0.25) is 0 Å². The smallest absolute Gasteiger partial charge is 0.316 e. The predicted molar refractivity (Wildman–Crippen MR) is 143 cm³/mol. The molecule has 2 aromatic carbocycles. The maximum atomic E-state index is 14.0. The molecule has 6 heteroatoms. The van der Waals surface area contributed by atoms with Crippen LogP contribution in [-0.2, 0) is 25.0 Å². The van der Waals surface area contributed by atoms with Crippen LogP contribution in [0.4, 0.5) is 0 Å². The Balaban J connectivity index is 1.41. The van der Waals surface area contributed by atoms with Gasteiger partial charge >= 0.3 is 5.56 Å². The van der Waals surface area contributed by atoms with Crippen LogP contribution in [0, 0.1) is 0 Å². The second-order valence-corrected chi connectivity index (χ2v) is 10.9. The van der Waals surface area contributed by atoms with E-state index in [1.54, 1.807) is 0 Å². The fraction of sp³-hybridized carbons (Fsp3) is 0.452. The Morgan fingerprint density at radius 1 is 0.865 bits per heavy atom. The summed E-state index contributed by atoms with van der Waals surface area (Å²) >= 11 is 0. The number of hydrogen-bond donors (Lipinski definition) is 0. The largest absolute Gasteiger partial charge is 0.481 e. The Morgan fingerprint density at radius 3 is 2.24 bits per heavy atom. The molecule has 0 bridgehead atoms. The van der Waals surface area contributed by atoms with Crippen molar-refractivity contribution in [1.82, 2.24) is 14.5 Å². The lowest BCUT2D eigenvalue weighted by atomic mass is 9.76. The Bertz CT molecular complexity index is 1310. The van der Waals surface area contributed by atoms with Crippen molar-refractivity contribution in [2.45, 2.75) is 82.4 Å². The summed E-state index contributed by atoms with van der Waals surface area (Å²) in [6, 6.07) is 20.6. The molecule has 0 atom stereocenters. The van der Waals surface area contributed by atoms with Gasteiger partial charge in [-0.05, 0) is 36.8 Å². The summed E-state index contributed by atoms with van der Waals surface area (Å²) in [4.78, 5) is 34.1. The van der Waals surface area contributed by atoms with Crippen LogP contribution < -0.4 is 10.3 Å². The number of amides is 1. The van der Waals surface area contributed by atoms with Gasteiger partial charge < -0.3 is 14.2 Å². The van der Waals surface area contributed by atoms with Crippen LogP contribution in [0.25, 0.3) is 0 Å². The molecule has 6 rings (SSSR count). The van der Waals surface area contributed by atoms with Crippen LogP contribution in [0.3, 0.4) is 0 Å². The lowest BCUT2D eigenvalue weighted by Crippen LogP contribution is -2.48. The van der Waals surface area contributed by atoms with Crippen LogP contribution in [0.15, 0.2) is 65.5 Å². The zero-order chi connectivity index (χ0) is 25.2. The van der Waals surface area contributed by atoms with Crippen molar-refractivity contribution in [3.63, 3.8) is 0 Å². The molecule has 3 aliphatic rings. The Hall–Kier alpha value is -3.41. The fourth-order valence-electron chi connectivity index (χ4n) is 6.75. The summed E-state index contributed by atoms with van der Waals surface area (Å²) in [6.45, 7) is 1.53. The van der Waals surface area contributed by atoms with Gasteiger partial charge in [0.2, 0.25) is 5.75 Å². The standard InChI is InChI=1S/C31H35N3O3/c35-29-28(37-22-23-11-3-1-4-12-23)27-30(36)33(25-15-7-8-16-25)19-20-34(27)26(32-29)21-31(17-9-10-18-31)24-13-5-2-6-14-24/h1-6,11-14,25H,7-10,15-22H2. The van der Waals surface area contributed by atoms with Gasteiger partial charge in [0, 0.05) is 31.0 Å².